The number of alkyl halides is 3. The molecule has 1 aromatic rings. The largest absolute Gasteiger partial charge is 0.573 e. The van der Waals surface area contributed by atoms with E-state index in [1.54, 1.807) is 25.7 Å². The van der Waals surface area contributed by atoms with E-state index in [0.29, 0.717) is 25.1 Å². The van der Waals surface area contributed by atoms with Gasteiger partial charge in [-0.25, -0.2) is 9.59 Å². The lowest BCUT2D eigenvalue weighted by atomic mass is 9.97. The standard InChI is InChI=1S/C28H38F3N3O7/c1-27(2,3)41-26(38)32-21(11-12-23(35)33-13-5-6-14-33)24(36)34-17-19(16-22(34)25(37)39-4)15-18-7-9-20(10-8-18)40-28(29,30)31/h7-10,19,21-22H,5-6,11-17H2,1-4H3,(H,32,38)/t19?,21?,22-/m0/s1. The summed E-state index contributed by atoms with van der Waals surface area (Å²) in [6.45, 7) is 6.49. The van der Waals surface area contributed by atoms with E-state index in [1.165, 1.54) is 36.3 Å². The highest BCUT2D eigenvalue weighted by Gasteiger charge is 2.43. The van der Waals surface area contributed by atoms with Gasteiger partial charge in [-0.15, -0.1) is 13.2 Å². The molecule has 2 aliphatic heterocycles. The first kappa shape index (κ1) is 32.0. The molecule has 2 aliphatic rings. The number of hydrogen-bond acceptors (Lipinski definition) is 7. The minimum atomic E-state index is -4.80. The lowest BCUT2D eigenvalue weighted by molar-refractivity contribution is -0.274. The maximum Gasteiger partial charge on any atom is 0.573 e. The number of amides is 3. The number of nitrogens with one attached hydrogen (secondary N) is 1. The number of rotatable bonds is 9. The Morgan fingerprint density at radius 2 is 1.68 bits per heavy atom. The van der Waals surface area contributed by atoms with Crippen molar-refractivity contribution in [1.29, 1.82) is 0 Å². The van der Waals surface area contributed by atoms with Gasteiger partial charge in [0.15, 0.2) is 0 Å². The number of ether oxygens (including phenoxy) is 3. The molecule has 2 saturated heterocycles. The van der Waals surface area contributed by atoms with E-state index in [2.05, 4.69) is 10.1 Å². The van der Waals surface area contributed by atoms with Gasteiger partial charge in [0.1, 0.15) is 23.4 Å². The molecular formula is C28H38F3N3O7. The molecular weight excluding hydrogens is 547 g/mol. The van der Waals surface area contributed by atoms with Gasteiger partial charge in [0, 0.05) is 26.1 Å². The highest BCUT2D eigenvalue weighted by molar-refractivity contribution is 5.91. The number of esters is 1. The number of halogens is 3. The van der Waals surface area contributed by atoms with Gasteiger partial charge < -0.3 is 29.3 Å². The summed E-state index contributed by atoms with van der Waals surface area (Å²) in [5.41, 5.74) is -0.126. The maximum atomic E-state index is 13.8. The molecule has 1 aromatic carbocycles. The molecule has 2 fully saturated rings. The van der Waals surface area contributed by atoms with Crippen molar-refractivity contribution < 1.29 is 46.6 Å². The number of carbonyl (C=O) groups is 4. The first-order valence-electron chi connectivity index (χ1n) is 13.7. The summed E-state index contributed by atoms with van der Waals surface area (Å²) < 4.78 is 51.6. The molecule has 0 aromatic heterocycles. The second-order valence-electron chi connectivity index (χ2n) is 11.4. The minimum Gasteiger partial charge on any atom is -0.467 e. The molecule has 2 heterocycles. The first-order chi connectivity index (χ1) is 19.1. The zero-order valence-corrected chi connectivity index (χ0v) is 23.8. The van der Waals surface area contributed by atoms with Crippen molar-refractivity contribution in [1.82, 2.24) is 15.1 Å². The number of alkyl carbamates (subject to hydrolysis) is 1. The molecule has 3 amide bonds. The van der Waals surface area contributed by atoms with Crippen molar-refractivity contribution in [2.24, 2.45) is 5.92 Å². The maximum absolute atomic E-state index is 13.8. The number of hydrogen-bond donors (Lipinski definition) is 1. The molecule has 0 aliphatic carbocycles. The number of benzene rings is 1. The lowest BCUT2D eigenvalue weighted by Gasteiger charge is -2.29. The zero-order valence-electron chi connectivity index (χ0n) is 23.8. The van der Waals surface area contributed by atoms with Crippen LogP contribution in [0.1, 0.15) is 58.4 Å². The zero-order chi connectivity index (χ0) is 30.4. The topological polar surface area (TPSA) is 114 Å². The normalized spacial score (nSPS) is 20.0. The third kappa shape index (κ3) is 9.82. The number of carbonyl (C=O) groups excluding carboxylic acids is 4. The predicted octanol–water partition coefficient (Wildman–Crippen LogP) is 3.81. The Kier molecular flexibility index (Phi) is 10.5. The Labute approximate surface area is 237 Å². The van der Waals surface area contributed by atoms with E-state index >= 15 is 0 Å². The fourth-order valence-corrected chi connectivity index (χ4v) is 5.13. The van der Waals surface area contributed by atoms with Gasteiger partial charge in [-0.1, -0.05) is 12.1 Å². The summed E-state index contributed by atoms with van der Waals surface area (Å²) in [4.78, 5) is 54.8. The molecule has 2 unspecified atom stereocenters. The van der Waals surface area contributed by atoms with Gasteiger partial charge in [-0.2, -0.15) is 0 Å². The molecule has 41 heavy (non-hydrogen) atoms. The average Bonchev–Trinajstić information content (AvgIpc) is 3.55. The van der Waals surface area contributed by atoms with Crippen LogP contribution in [0.3, 0.4) is 0 Å². The van der Waals surface area contributed by atoms with Crippen LogP contribution in [-0.4, -0.2) is 84.5 Å². The Morgan fingerprint density at radius 1 is 1.05 bits per heavy atom. The Bertz CT molecular complexity index is 1080. The second kappa shape index (κ2) is 13.4. The van der Waals surface area contributed by atoms with Crippen LogP contribution in [0, 0.1) is 5.92 Å². The van der Waals surface area contributed by atoms with Gasteiger partial charge in [0.2, 0.25) is 11.8 Å². The van der Waals surface area contributed by atoms with E-state index in [0.717, 1.165) is 12.8 Å². The number of likely N-dealkylation sites (tertiary alicyclic amines) is 2. The molecule has 0 spiro atoms. The van der Waals surface area contributed by atoms with E-state index < -0.39 is 42.0 Å². The molecule has 0 bridgehead atoms. The molecule has 228 valence electrons. The predicted molar refractivity (Wildman–Crippen MR) is 141 cm³/mol. The highest BCUT2D eigenvalue weighted by atomic mass is 19.4. The smallest absolute Gasteiger partial charge is 0.467 e. The number of methoxy groups -OCH3 is 1. The minimum absolute atomic E-state index is 0.0170. The molecule has 10 nitrogen and oxygen atoms in total. The van der Waals surface area contributed by atoms with E-state index in [-0.39, 0.29) is 43.4 Å². The lowest BCUT2D eigenvalue weighted by Crippen LogP contribution is -2.53. The average molecular weight is 586 g/mol. The van der Waals surface area contributed by atoms with Crippen LogP contribution >= 0.6 is 0 Å². The van der Waals surface area contributed by atoms with Gasteiger partial charge >= 0.3 is 18.4 Å². The van der Waals surface area contributed by atoms with Gasteiger partial charge in [0.25, 0.3) is 0 Å². The fraction of sp³-hybridized carbons (Fsp3) is 0.643. The van der Waals surface area contributed by atoms with Crippen molar-refractivity contribution in [3.05, 3.63) is 29.8 Å². The van der Waals surface area contributed by atoms with Crippen molar-refractivity contribution in [3.8, 4) is 5.75 Å². The summed E-state index contributed by atoms with van der Waals surface area (Å²) in [6, 6.07) is 3.35. The molecule has 0 saturated carbocycles. The summed E-state index contributed by atoms with van der Waals surface area (Å²) >= 11 is 0. The Balaban J connectivity index is 1.74. The van der Waals surface area contributed by atoms with Crippen LogP contribution in [0.15, 0.2) is 24.3 Å². The second-order valence-corrected chi connectivity index (χ2v) is 11.4. The SMILES string of the molecule is COC(=O)[C@@H]1CC(Cc2ccc(OC(F)(F)F)cc2)CN1C(=O)C(CCC(=O)N1CCCC1)NC(=O)OC(C)(C)C. The molecule has 3 rings (SSSR count). The van der Waals surface area contributed by atoms with Crippen LogP contribution in [0.4, 0.5) is 18.0 Å². The van der Waals surface area contributed by atoms with Crippen LogP contribution < -0.4 is 10.1 Å². The van der Waals surface area contributed by atoms with Crippen molar-refractivity contribution in [2.75, 3.05) is 26.7 Å². The monoisotopic (exact) mass is 585 g/mol. The van der Waals surface area contributed by atoms with Gasteiger partial charge in [-0.3, -0.25) is 9.59 Å². The summed E-state index contributed by atoms with van der Waals surface area (Å²) in [5.74, 6) is -1.86. The highest BCUT2D eigenvalue weighted by Crippen LogP contribution is 2.30. The van der Waals surface area contributed by atoms with Crippen molar-refractivity contribution in [2.45, 2.75) is 83.3 Å². The third-order valence-electron chi connectivity index (χ3n) is 6.92. The van der Waals surface area contributed by atoms with E-state index in [4.69, 9.17) is 9.47 Å². The summed E-state index contributed by atoms with van der Waals surface area (Å²) in [5, 5.41) is 2.58. The number of nitrogens with zero attached hydrogens (tertiary/aromatic N) is 2. The fourth-order valence-electron chi connectivity index (χ4n) is 5.13. The van der Waals surface area contributed by atoms with Crippen molar-refractivity contribution >= 4 is 23.9 Å². The Hall–Kier alpha value is -3.51. The van der Waals surface area contributed by atoms with E-state index in [9.17, 15) is 32.3 Å². The quantitative estimate of drug-likeness (QED) is 0.439. The molecule has 13 heteroatoms. The first-order valence-corrected chi connectivity index (χ1v) is 13.7. The van der Waals surface area contributed by atoms with E-state index in [1.807, 2.05) is 0 Å². The summed E-state index contributed by atoms with van der Waals surface area (Å²) in [7, 11) is 1.21. The molecule has 0 radical (unpaired) electrons. The van der Waals surface area contributed by atoms with Crippen molar-refractivity contribution in [3.63, 3.8) is 0 Å². The Morgan fingerprint density at radius 3 is 2.24 bits per heavy atom. The third-order valence-corrected chi connectivity index (χ3v) is 6.92. The van der Waals surface area contributed by atoms with Crippen LogP contribution in [0.5, 0.6) is 5.75 Å². The molecule has 1 N–H and O–H groups in total. The van der Waals surface area contributed by atoms with Crippen LogP contribution in [0.2, 0.25) is 0 Å². The summed E-state index contributed by atoms with van der Waals surface area (Å²) in [6.07, 6.45) is -3.12. The molecule has 3 atom stereocenters. The van der Waals surface area contributed by atoms with Gasteiger partial charge in [0.05, 0.1) is 7.11 Å². The van der Waals surface area contributed by atoms with Crippen LogP contribution in [0.25, 0.3) is 0 Å². The van der Waals surface area contributed by atoms with Gasteiger partial charge in [-0.05, 0) is 76.5 Å². The van der Waals surface area contributed by atoms with Crippen LogP contribution in [-0.2, 0) is 30.3 Å².